The van der Waals surface area contributed by atoms with Gasteiger partial charge in [0.1, 0.15) is 0 Å². The summed E-state index contributed by atoms with van der Waals surface area (Å²) in [6, 6.07) is 0. The third kappa shape index (κ3) is 7.25. The molecule has 0 bridgehead atoms. The van der Waals surface area contributed by atoms with Gasteiger partial charge >= 0.3 is 0 Å². The Morgan fingerprint density at radius 1 is 1.16 bits per heavy atom. The zero-order valence-corrected chi connectivity index (χ0v) is 12.0. The van der Waals surface area contributed by atoms with Gasteiger partial charge in [-0.2, -0.15) is 0 Å². The van der Waals surface area contributed by atoms with Gasteiger partial charge in [-0.15, -0.1) is 0 Å². The summed E-state index contributed by atoms with van der Waals surface area (Å²) in [5.41, 5.74) is 0. The van der Waals surface area contributed by atoms with Crippen LogP contribution in [0.3, 0.4) is 0 Å². The van der Waals surface area contributed by atoms with Crippen molar-refractivity contribution in [3.8, 4) is 0 Å². The van der Waals surface area contributed by atoms with Crippen molar-refractivity contribution in [2.45, 2.75) is 57.2 Å². The molecular weight excluding hydrogens is 242 g/mol. The molecule has 0 aromatic carbocycles. The first kappa shape index (κ1) is 15.2. The Kier molecular flexibility index (Phi) is 7.14. The highest BCUT2D eigenvalue weighted by atomic mass is 16.5. The summed E-state index contributed by atoms with van der Waals surface area (Å²) < 4.78 is 11.2. The Labute approximate surface area is 116 Å². The summed E-state index contributed by atoms with van der Waals surface area (Å²) in [5, 5.41) is 13.0. The van der Waals surface area contributed by atoms with Crippen molar-refractivity contribution < 1.29 is 14.6 Å². The largest absolute Gasteiger partial charge is 0.389 e. The van der Waals surface area contributed by atoms with Crippen LogP contribution in [0.15, 0.2) is 0 Å². The Morgan fingerprint density at radius 2 is 1.95 bits per heavy atom. The van der Waals surface area contributed by atoms with Crippen LogP contribution in [0.5, 0.6) is 0 Å². The van der Waals surface area contributed by atoms with Crippen LogP contribution in [0.2, 0.25) is 0 Å². The van der Waals surface area contributed by atoms with Crippen molar-refractivity contribution >= 4 is 0 Å². The van der Waals surface area contributed by atoms with E-state index in [9.17, 15) is 5.11 Å². The molecule has 0 spiro atoms. The van der Waals surface area contributed by atoms with Crippen LogP contribution in [0, 0.1) is 5.92 Å². The number of hydrogen-bond donors (Lipinski definition) is 2. The van der Waals surface area contributed by atoms with Crippen LogP contribution in [0.25, 0.3) is 0 Å². The van der Waals surface area contributed by atoms with Gasteiger partial charge < -0.3 is 19.9 Å². The molecule has 2 aliphatic rings. The second-order valence-corrected chi connectivity index (χ2v) is 5.97. The zero-order chi connectivity index (χ0) is 13.3. The van der Waals surface area contributed by atoms with E-state index < -0.39 is 0 Å². The average Bonchev–Trinajstić information content (AvgIpc) is 3.09. The number of aliphatic hydroxyl groups is 1. The van der Waals surface area contributed by atoms with Gasteiger partial charge in [0.05, 0.1) is 18.8 Å². The van der Waals surface area contributed by atoms with E-state index in [4.69, 9.17) is 9.47 Å². The summed E-state index contributed by atoms with van der Waals surface area (Å²) in [6.07, 6.45) is 8.62. The highest BCUT2D eigenvalue weighted by molar-refractivity contribution is 4.72. The maximum absolute atomic E-state index is 9.77. The lowest BCUT2D eigenvalue weighted by Crippen LogP contribution is -2.32. The average molecular weight is 271 g/mol. The molecule has 1 atom stereocenters. The SMILES string of the molecule is OC(CNCCCOCC1CC1)COC1CCCC1. The molecule has 19 heavy (non-hydrogen) atoms. The molecule has 0 aromatic heterocycles. The number of hydrogen-bond acceptors (Lipinski definition) is 4. The third-order valence-electron chi connectivity index (χ3n) is 3.90. The third-order valence-corrected chi connectivity index (χ3v) is 3.90. The van der Waals surface area contributed by atoms with Crippen LogP contribution < -0.4 is 5.32 Å². The summed E-state index contributed by atoms with van der Waals surface area (Å²) in [5.74, 6) is 0.850. The predicted octanol–water partition coefficient (Wildman–Crippen LogP) is 1.71. The van der Waals surface area contributed by atoms with Gasteiger partial charge in [-0.25, -0.2) is 0 Å². The Morgan fingerprint density at radius 3 is 2.68 bits per heavy atom. The van der Waals surface area contributed by atoms with Crippen molar-refractivity contribution in [3.05, 3.63) is 0 Å². The Bertz CT molecular complexity index is 227. The fraction of sp³-hybridized carbons (Fsp3) is 1.00. The van der Waals surface area contributed by atoms with Gasteiger partial charge in [-0.05, 0) is 44.6 Å². The summed E-state index contributed by atoms with van der Waals surface area (Å²) >= 11 is 0. The summed E-state index contributed by atoms with van der Waals surface area (Å²) in [6.45, 7) is 3.77. The number of ether oxygens (including phenoxy) is 2. The first-order valence-electron chi connectivity index (χ1n) is 7.92. The lowest BCUT2D eigenvalue weighted by Gasteiger charge is -2.16. The van der Waals surface area contributed by atoms with Gasteiger partial charge in [0.25, 0.3) is 0 Å². The van der Waals surface area contributed by atoms with E-state index in [1.54, 1.807) is 0 Å². The van der Waals surface area contributed by atoms with Crippen LogP contribution in [0.1, 0.15) is 44.9 Å². The van der Waals surface area contributed by atoms with Crippen LogP contribution in [0.4, 0.5) is 0 Å². The van der Waals surface area contributed by atoms with E-state index in [-0.39, 0.29) is 6.10 Å². The second-order valence-electron chi connectivity index (χ2n) is 5.97. The quantitative estimate of drug-likeness (QED) is 0.562. The molecule has 2 rings (SSSR count). The van der Waals surface area contributed by atoms with Crippen LogP contribution >= 0.6 is 0 Å². The Balaban J connectivity index is 1.33. The fourth-order valence-electron chi connectivity index (χ4n) is 2.46. The van der Waals surface area contributed by atoms with Crippen molar-refractivity contribution in [2.75, 3.05) is 32.9 Å². The minimum Gasteiger partial charge on any atom is -0.389 e. The highest BCUT2D eigenvalue weighted by Gasteiger charge is 2.20. The molecule has 4 heteroatoms. The van der Waals surface area contributed by atoms with Gasteiger partial charge in [-0.1, -0.05) is 12.8 Å². The van der Waals surface area contributed by atoms with Crippen LogP contribution in [-0.4, -0.2) is 50.2 Å². The molecule has 2 N–H and O–H groups in total. The second kappa shape index (κ2) is 8.90. The maximum Gasteiger partial charge on any atom is 0.0897 e. The van der Waals surface area contributed by atoms with Gasteiger partial charge in [0.15, 0.2) is 0 Å². The van der Waals surface area contributed by atoms with E-state index in [0.29, 0.717) is 19.3 Å². The molecule has 0 saturated heterocycles. The molecule has 2 aliphatic carbocycles. The van der Waals surface area contributed by atoms with Gasteiger partial charge in [-0.3, -0.25) is 0 Å². The fourth-order valence-corrected chi connectivity index (χ4v) is 2.46. The smallest absolute Gasteiger partial charge is 0.0897 e. The number of rotatable bonds is 11. The van der Waals surface area contributed by atoms with Gasteiger partial charge in [0, 0.05) is 19.8 Å². The number of nitrogens with one attached hydrogen (secondary N) is 1. The molecule has 0 radical (unpaired) electrons. The van der Waals surface area contributed by atoms with Crippen molar-refractivity contribution in [3.63, 3.8) is 0 Å². The first-order valence-corrected chi connectivity index (χ1v) is 7.92. The van der Waals surface area contributed by atoms with E-state index in [0.717, 1.165) is 32.1 Å². The zero-order valence-electron chi connectivity index (χ0n) is 12.0. The van der Waals surface area contributed by atoms with Crippen molar-refractivity contribution in [1.29, 1.82) is 0 Å². The molecule has 4 nitrogen and oxygen atoms in total. The van der Waals surface area contributed by atoms with Crippen molar-refractivity contribution in [2.24, 2.45) is 5.92 Å². The Hall–Kier alpha value is -0.160. The van der Waals surface area contributed by atoms with Gasteiger partial charge in [0.2, 0.25) is 0 Å². The predicted molar refractivity (Wildman–Crippen MR) is 75.2 cm³/mol. The van der Waals surface area contributed by atoms with Crippen LogP contribution in [-0.2, 0) is 9.47 Å². The summed E-state index contributed by atoms with van der Waals surface area (Å²) in [4.78, 5) is 0. The molecule has 2 fully saturated rings. The van der Waals surface area contributed by atoms with E-state index >= 15 is 0 Å². The lowest BCUT2D eigenvalue weighted by atomic mass is 10.3. The molecule has 1 unspecified atom stereocenters. The van der Waals surface area contributed by atoms with Crippen molar-refractivity contribution in [1.82, 2.24) is 5.32 Å². The standard InChI is InChI=1S/C15H29NO3/c17-14(12-19-15-4-1-2-5-15)10-16-8-3-9-18-11-13-6-7-13/h13-17H,1-12H2. The maximum atomic E-state index is 9.77. The van der Waals surface area contributed by atoms with E-state index in [2.05, 4.69) is 5.32 Å². The number of aliphatic hydroxyl groups excluding tert-OH is 1. The molecule has 112 valence electrons. The molecule has 0 amide bonds. The monoisotopic (exact) mass is 271 g/mol. The minimum atomic E-state index is -0.381. The molecule has 0 aromatic rings. The lowest BCUT2D eigenvalue weighted by molar-refractivity contribution is -0.00551. The molecular formula is C15H29NO3. The minimum absolute atomic E-state index is 0.381. The topological polar surface area (TPSA) is 50.7 Å². The molecule has 2 saturated carbocycles. The molecule has 0 aliphatic heterocycles. The first-order chi connectivity index (χ1) is 9.34. The highest BCUT2D eigenvalue weighted by Crippen LogP contribution is 2.28. The van der Waals surface area contributed by atoms with E-state index in [1.165, 1.54) is 38.5 Å². The van der Waals surface area contributed by atoms with E-state index in [1.807, 2.05) is 0 Å². The molecule has 0 heterocycles. The summed E-state index contributed by atoms with van der Waals surface area (Å²) in [7, 11) is 0. The normalized spacial score (nSPS) is 21.9.